The van der Waals surface area contributed by atoms with Crippen LogP contribution in [0.25, 0.3) is 11.5 Å². The molecule has 1 aromatic carbocycles. The number of esters is 1. The van der Waals surface area contributed by atoms with Crippen molar-refractivity contribution < 1.29 is 23.1 Å². The van der Waals surface area contributed by atoms with E-state index in [4.69, 9.17) is 13.9 Å². The Morgan fingerprint density at radius 3 is 2.48 bits per heavy atom. The first-order valence-electron chi connectivity index (χ1n) is 9.28. The maximum absolute atomic E-state index is 13.0. The number of aryl methyl sites for hydroxylation is 2. The van der Waals surface area contributed by atoms with E-state index < -0.39 is 5.60 Å². The van der Waals surface area contributed by atoms with Gasteiger partial charge < -0.3 is 13.9 Å². The summed E-state index contributed by atoms with van der Waals surface area (Å²) in [4.78, 5) is 16.1. The molecule has 0 bridgehead atoms. The Hall–Kier alpha value is -2.21. The van der Waals surface area contributed by atoms with E-state index in [9.17, 15) is 9.18 Å². The molecule has 0 amide bonds. The lowest BCUT2D eigenvalue weighted by Crippen LogP contribution is -2.36. The Balaban J connectivity index is 1.70. The zero-order valence-corrected chi connectivity index (χ0v) is 16.5. The summed E-state index contributed by atoms with van der Waals surface area (Å²) in [6, 6.07) is 6.14. The molecule has 1 heterocycles. The second kappa shape index (κ2) is 9.65. The Labute approximate surface area is 159 Å². The third-order valence-corrected chi connectivity index (χ3v) is 4.43. The number of benzene rings is 1. The molecular weight excluding hydrogens is 349 g/mol. The van der Waals surface area contributed by atoms with Crippen LogP contribution in [-0.4, -0.2) is 30.3 Å². The molecule has 0 radical (unpaired) electrons. The minimum absolute atomic E-state index is 0.277. The van der Waals surface area contributed by atoms with Gasteiger partial charge in [-0.3, -0.25) is 0 Å². The van der Waals surface area contributed by atoms with Crippen LogP contribution in [0.5, 0.6) is 0 Å². The highest BCUT2D eigenvalue weighted by Crippen LogP contribution is 2.23. The van der Waals surface area contributed by atoms with Crippen molar-refractivity contribution in [2.24, 2.45) is 0 Å². The number of carbonyl (C=O) groups excluding carboxylic acids is 1. The molecule has 148 valence electrons. The van der Waals surface area contributed by atoms with Crippen LogP contribution in [0, 0.1) is 12.7 Å². The van der Waals surface area contributed by atoms with Crippen molar-refractivity contribution in [1.29, 1.82) is 0 Å². The van der Waals surface area contributed by atoms with E-state index in [0.29, 0.717) is 12.5 Å². The van der Waals surface area contributed by atoms with Crippen LogP contribution in [-0.2, 0) is 20.7 Å². The zero-order chi connectivity index (χ0) is 19.9. The second-order valence-corrected chi connectivity index (χ2v) is 7.04. The topological polar surface area (TPSA) is 61.6 Å². The fourth-order valence-corrected chi connectivity index (χ4v) is 2.76. The number of rotatable bonds is 10. The van der Waals surface area contributed by atoms with Crippen LogP contribution in [0.1, 0.15) is 51.0 Å². The molecule has 0 aliphatic heterocycles. The molecule has 0 N–H and O–H groups in total. The standard InChI is InChI=1S/C21H28FNO4/c1-15-18(23-19(27-15)16-10-12-17(22)13-11-16)9-7-5-6-8-14-26-21(2,3)20(24)25-4/h10-13H,5-9,14H2,1-4H3. The Bertz CT molecular complexity index is 737. The van der Waals surface area contributed by atoms with E-state index in [1.165, 1.54) is 19.2 Å². The van der Waals surface area contributed by atoms with E-state index >= 15 is 0 Å². The van der Waals surface area contributed by atoms with Crippen molar-refractivity contribution in [3.8, 4) is 11.5 Å². The summed E-state index contributed by atoms with van der Waals surface area (Å²) in [6.07, 6.45) is 4.78. The summed E-state index contributed by atoms with van der Waals surface area (Å²) in [7, 11) is 1.36. The number of hydrogen-bond acceptors (Lipinski definition) is 5. The van der Waals surface area contributed by atoms with Gasteiger partial charge in [-0.25, -0.2) is 14.2 Å². The first-order chi connectivity index (χ1) is 12.8. The van der Waals surface area contributed by atoms with Crippen molar-refractivity contribution in [1.82, 2.24) is 4.98 Å². The van der Waals surface area contributed by atoms with Gasteiger partial charge in [0.1, 0.15) is 11.6 Å². The highest BCUT2D eigenvalue weighted by Gasteiger charge is 2.29. The lowest BCUT2D eigenvalue weighted by molar-refractivity contribution is -0.165. The van der Waals surface area contributed by atoms with Crippen molar-refractivity contribution in [2.45, 2.75) is 58.5 Å². The highest BCUT2D eigenvalue weighted by molar-refractivity contribution is 5.78. The normalized spacial score (nSPS) is 11.6. The lowest BCUT2D eigenvalue weighted by Gasteiger charge is -2.22. The Morgan fingerprint density at radius 2 is 1.81 bits per heavy atom. The van der Waals surface area contributed by atoms with Gasteiger partial charge in [0.2, 0.25) is 5.89 Å². The maximum atomic E-state index is 13.0. The molecule has 27 heavy (non-hydrogen) atoms. The zero-order valence-electron chi connectivity index (χ0n) is 16.5. The van der Waals surface area contributed by atoms with E-state index in [1.54, 1.807) is 26.0 Å². The Kier molecular flexibility index (Phi) is 7.54. The number of oxazole rings is 1. The number of nitrogens with zero attached hydrogens (tertiary/aromatic N) is 1. The van der Waals surface area contributed by atoms with Crippen LogP contribution in [0.3, 0.4) is 0 Å². The first kappa shape index (κ1) is 21.1. The van der Waals surface area contributed by atoms with Crippen molar-refractivity contribution in [3.63, 3.8) is 0 Å². The van der Waals surface area contributed by atoms with E-state index in [2.05, 4.69) is 4.98 Å². The SMILES string of the molecule is COC(=O)C(C)(C)OCCCCCCc1nc(-c2ccc(F)cc2)oc1C. The van der Waals surface area contributed by atoms with Gasteiger partial charge in [-0.1, -0.05) is 12.8 Å². The van der Waals surface area contributed by atoms with Gasteiger partial charge >= 0.3 is 5.97 Å². The summed E-state index contributed by atoms with van der Waals surface area (Å²) in [5, 5.41) is 0. The number of ether oxygens (including phenoxy) is 2. The van der Waals surface area contributed by atoms with E-state index in [0.717, 1.165) is 49.1 Å². The number of carbonyl (C=O) groups is 1. The molecule has 5 nitrogen and oxygen atoms in total. The summed E-state index contributed by atoms with van der Waals surface area (Å²) in [5.74, 6) is 0.695. The number of methoxy groups -OCH3 is 1. The number of hydrogen-bond donors (Lipinski definition) is 0. The lowest BCUT2D eigenvalue weighted by atomic mass is 10.1. The second-order valence-electron chi connectivity index (χ2n) is 7.04. The van der Waals surface area contributed by atoms with Crippen LogP contribution < -0.4 is 0 Å². The summed E-state index contributed by atoms with van der Waals surface area (Å²) < 4.78 is 29.0. The van der Waals surface area contributed by atoms with E-state index in [1.807, 2.05) is 6.92 Å². The molecule has 0 saturated heterocycles. The Morgan fingerprint density at radius 1 is 1.15 bits per heavy atom. The number of aromatic nitrogens is 1. The van der Waals surface area contributed by atoms with Crippen LogP contribution in [0.2, 0.25) is 0 Å². The molecule has 2 aromatic rings. The van der Waals surface area contributed by atoms with Crippen molar-refractivity contribution >= 4 is 5.97 Å². The van der Waals surface area contributed by atoms with Crippen molar-refractivity contribution in [2.75, 3.05) is 13.7 Å². The first-order valence-corrected chi connectivity index (χ1v) is 9.28. The summed E-state index contributed by atoms with van der Waals surface area (Å²) >= 11 is 0. The summed E-state index contributed by atoms with van der Waals surface area (Å²) in [6.45, 7) is 5.85. The number of unbranched alkanes of at least 4 members (excludes halogenated alkanes) is 3. The van der Waals surface area contributed by atoms with E-state index in [-0.39, 0.29) is 11.8 Å². The van der Waals surface area contributed by atoms with Crippen molar-refractivity contribution in [3.05, 3.63) is 41.5 Å². The molecule has 0 spiro atoms. The minimum Gasteiger partial charge on any atom is -0.467 e. The van der Waals surface area contributed by atoms with Gasteiger partial charge in [0.25, 0.3) is 0 Å². The molecule has 0 aliphatic carbocycles. The summed E-state index contributed by atoms with van der Waals surface area (Å²) in [5.41, 5.74) is 0.817. The van der Waals surface area contributed by atoms with Crippen LogP contribution >= 0.6 is 0 Å². The highest BCUT2D eigenvalue weighted by atomic mass is 19.1. The molecule has 0 aliphatic rings. The average Bonchev–Trinajstić information content (AvgIpc) is 3.01. The van der Waals surface area contributed by atoms with Crippen LogP contribution in [0.15, 0.2) is 28.7 Å². The van der Waals surface area contributed by atoms with Gasteiger partial charge in [-0.2, -0.15) is 0 Å². The van der Waals surface area contributed by atoms with Gasteiger partial charge in [-0.05, 0) is 64.3 Å². The predicted octanol–water partition coefficient (Wildman–Crippen LogP) is 4.86. The smallest absolute Gasteiger partial charge is 0.337 e. The quantitative estimate of drug-likeness (QED) is 0.437. The molecule has 0 unspecified atom stereocenters. The third kappa shape index (κ3) is 6.17. The van der Waals surface area contributed by atoms with Gasteiger partial charge in [0.15, 0.2) is 5.60 Å². The molecule has 0 fully saturated rings. The molecule has 0 saturated carbocycles. The maximum Gasteiger partial charge on any atom is 0.337 e. The molecule has 6 heteroatoms. The predicted molar refractivity (Wildman–Crippen MR) is 101 cm³/mol. The largest absolute Gasteiger partial charge is 0.467 e. The van der Waals surface area contributed by atoms with Gasteiger partial charge in [-0.15, -0.1) is 0 Å². The average molecular weight is 377 g/mol. The minimum atomic E-state index is -0.899. The van der Waals surface area contributed by atoms with Gasteiger partial charge in [0.05, 0.1) is 12.8 Å². The number of halogens is 1. The van der Waals surface area contributed by atoms with Crippen LogP contribution in [0.4, 0.5) is 4.39 Å². The molecule has 2 rings (SSSR count). The molecule has 1 aromatic heterocycles. The monoisotopic (exact) mass is 377 g/mol. The third-order valence-electron chi connectivity index (χ3n) is 4.43. The fraction of sp³-hybridized carbons (Fsp3) is 0.524. The molecular formula is C21H28FNO4. The fourth-order valence-electron chi connectivity index (χ4n) is 2.76. The van der Waals surface area contributed by atoms with Gasteiger partial charge in [0, 0.05) is 12.2 Å². The molecule has 0 atom stereocenters.